The Kier molecular flexibility index (Phi) is 3.94. The predicted octanol–water partition coefficient (Wildman–Crippen LogP) is 2.10. The molecule has 0 saturated carbocycles. The number of hydrogen-bond donors (Lipinski definition) is 0. The minimum atomic E-state index is -3.13. The molecule has 22 heavy (non-hydrogen) atoms. The van der Waals surface area contributed by atoms with Crippen LogP contribution in [0.5, 0.6) is 0 Å². The van der Waals surface area contributed by atoms with Crippen LogP contribution in [0, 0.1) is 5.82 Å². The zero-order valence-corrected chi connectivity index (χ0v) is 13.9. The molecule has 2 saturated heterocycles. The molecule has 9 heteroatoms. The number of anilines is 1. The summed E-state index contributed by atoms with van der Waals surface area (Å²) in [7, 11) is -3.13. The summed E-state index contributed by atoms with van der Waals surface area (Å²) in [6, 6.07) is 3.81. The number of hydrogen-bond acceptors (Lipinski definition) is 4. The molecule has 0 N–H and O–H groups in total. The monoisotopic (exact) mass is 362 g/mol. The third kappa shape index (κ3) is 2.87. The lowest BCUT2D eigenvalue weighted by Crippen LogP contribution is -2.37. The average molecular weight is 363 g/mol. The molecule has 1 aromatic rings. The van der Waals surface area contributed by atoms with Gasteiger partial charge in [0.2, 0.25) is 5.91 Å². The van der Waals surface area contributed by atoms with E-state index < -0.39 is 15.7 Å². The zero-order chi connectivity index (χ0) is 16.1. The first-order valence-electron chi connectivity index (χ1n) is 6.47. The van der Waals surface area contributed by atoms with Crippen LogP contribution in [0.1, 0.15) is 6.92 Å². The van der Waals surface area contributed by atoms with Crippen LogP contribution in [0.4, 0.5) is 10.1 Å². The normalized spacial score (nSPS) is 28.1. The van der Waals surface area contributed by atoms with Crippen molar-refractivity contribution in [3.8, 4) is 0 Å². The Balaban J connectivity index is 2.06. The number of halogens is 2. The van der Waals surface area contributed by atoms with Gasteiger partial charge >= 0.3 is 0 Å². The molecular weight excluding hydrogens is 351 g/mol. The van der Waals surface area contributed by atoms with Gasteiger partial charge in [0.1, 0.15) is 5.82 Å². The van der Waals surface area contributed by atoms with E-state index in [0.29, 0.717) is 10.9 Å². The number of thioether (sulfide) groups is 1. The van der Waals surface area contributed by atoms with Crippen LogP contribution in [-0.2, 0) is 14.6 Å². The topological polar surface area (TPSA) is 66.8 Å². The van der Waals surface area contributed by atoms with Crippen LogP contribution in [0.25, 0.3) is 0 Å². The predicted molar refractivity (Wildman–Crippen MR) is 85.8 cm³/mol. The fourth-order valence-corrected chi connectivity index (χ4v) is 6.77. The summed E-state index contributed by atoms with van der Waals surface area (Å²) in [6.07, 6.45) is 0. The Morgan fingerprint density at radius 1 is 1.45 bits per heavy atom. The van der Waals surface area contributed by atoms with Gasteiger partial charge in [-0.15, -0.1) is 0 Å². The highest BCUT2D eigenvalue weighted by atomic mass is 35.5. The lowest BCUT2D eigenvalue weighted by atomic mass is 10.2. The van der Waals surface area contributed by atoms with Crippen molar-refractivity contribution < 1.29 is 17.6 Å². The molecule has 2 aliphatic rings. The molecule has 118 valence electrons. The summed E-state index contributed by atoms with van der Waals surface area (Å²) in [4.78, 5) is 16.9. The van der Waals surface area contributed by atoms with Crippen LogP contribution < -0.4 is 4.90 Å². The van der Waals surface area contributed by atoms with E-state index in [0.717, 1.165) is 0 Å². The van der Waals surface area contributed by atoms with Gasteiger partial charge in [-0.3, -0.25) is 4.79 Å². The first-order chi connectivity index (χ1) is 10.3. The van der Waals surface area contributed by atoms with Crippen molar-refractivity contribution in [2.45, 2.75) is 18.2 Å². The molecule has 0 radical (unpaired) electrons. The molecule has 0 bridgehead atoms. The van der Waals surface area contributed by atoms with E-state index in [1.807, 2.05) is 0 Å². The first-order valence-corrected chi connectivity index (χ1v) is 9.55. The maximum absolute atomic E-state index is 13.3. The second kappa shape index (κ2) is 5.50. The molecule has 2 fully saturated rings. The number of carbonyl (C=O) groups is 1. The number of amidine groups is 1. The SMILES string of the molecule is CC(=O)N=C1S[C@@H]2CS(=O)(=O)C[C@H]2N1c1ccc(F)c(Cl)c1. The van der Waals surface area contributed by atoms with E-state index in [-0.39, 0.29) is 33.7 Å². The average Bonchev–Trinajstić information content (AvgIpc) is 2.83. The van der Waals surface area contributed by atoms with Gasteiger partial charge in [-0.25, -0.2) is 12.8 Å². The van der Waals surface area contributed by atoms with E-state index in [1.54, 1.807) is 4.90 Å². The molecule has 0 spiro atoms. The van der Waals surface area contributed by atoms with E-state index in [1.165, 1.54) is 36.9 Å². The number of rotatable bonds is 1. The highest BCUT2D eigenvalue weighted by Crippen LogP contribution is 2.41. The van der Waals surface area contributed by atoms with Crippen LogP contribution in [0.15, 0.2) is 23.2 Å². The van der Waals surface area contributed by atoms with Gasteiger partial charge in [0.15, 0.2) is 15.0 Å². The maximum Gasteiger partial charge on any atom is 0.244 e. The van der Waals surface area contributed by atoms with E-state index >= 15 is 0 Å². The third-order valence-electron chi connectivity index (χ3n) is 3.50. The number of carbonyl (C=O) groups excluding carboxylic acids is 1. The molecule has 1 amide bonds. The van der Waals surface area contributed by atoms with Gasteiger partial charge in [0.25, 0.3) is 0 Å². The molecular formula is C13H12ClFN2O3S2. The van der Waals surface area contributed by atoms with Gasteiger partial charge in [0.05, 0.1) is 22.6 Å². The minimum Gasteiger partial charge on any atom is -0.316 e. The fourth-order valence-electron chi connectivity index (χ4n) is 2.64. The maximum atomic E-state index is 13.3. The Bertz CT molecular complexity index is 781. The number of amides is 1. The smallest absolute Gasteiger partial charge is 0.244 e. The minimum absolute atomic E-state index is 0.0173. The van der Waals surface area contributed by atoms with Gasteiger partial charge in [0, 0.05) is 17.9 Å². The van der Waals surface area contributed by atoms with Crippen molar-refractivity contribution in [3.63, 3.8) is 0 Å². The van der Waals surface area contributed by atoms with Crippen molar-refractivity contribution in [2.75, 3.05) is 16.4 Å². The van der Waals surface area contributed by atoms with Gasteiger partial charge in [-0.2, -0.15) is 4.99 Å². The largest absolute Gasteiger partial charge is 0.316 e. The lowest BCUT2D eigenvalue weighted by molar-refractivity contribution is -0.115. The van der Waals surface area contributed by atoms with E-state index in [9.17, 15) is 17.6 Å². The highest BCUT2D eigenvalue weighted by Gasteiger charge is 2.49. The molecule has 2 atom stereocenters. The molecule has 5 nitrogen and oxygen atoms in total. The van der Waals surface area contributed by atoms with Crippen molar-refractivity contribution in [2.24, 2.45) is 4.99 Å². The summed E-state index contributed by atoms with van der Waals surface area (Å²) >= 11 is 7.08. The highest BCUT2D eigenvalue weighted by molar-refractivity contribution is 8.16. The third-order valence-corrected chi connectivity index (χ3v) is 7.00. The molecule has 3 rings (SSSR count). The summed E-state index contributed by atoms with van der Waals surface area (Å²) in [5.41, 5.74) is 0.531. The van der Waals surface area contributed by atoms with E-state index in [2.05, 4.69) is 4.99 Å². The Morgan fingerprint density at radius 3 is 2.82 bits per heavy atom. The van der Waals surface area contributed by atoms with Crippen molar-refractivity contribution in [3.05, 3.63) is 29.0 Å². The van der Waals surface area contributed by atoms with Gasteiger partial charge in [-0.05, 0) is 18.2 Å². The Labute approximate surface area is 136 Å². The quantitative estimate of drug-likeness (QED) is 0.765. The number of sulfone groups is 1. The second-order valence-corrected chi connectivity index (χ2v) is 8.95. The molecule has 0 aliphatic carbocycles. The van der Waals surface area contributed by atoms with Crippen molar-refractivity contribution in [1.82, 2.24) is 0 Å². The summed E-state index contributed by atoms with van der Waals surface area (Å²) in [5.74, 6) is -0.900. The standard InChI is InChI=1S/C13H12ClFN2O3S2/c1-7(18)16-13-17(8-2-3-10(15)9(14)4-8)11-5-22(19,20)6-12(11)21-13/h2-4,11-12H,5-6H2,1H3/t11-,12-/m1/s1. The van der Waals surface area contributed by atoms with Crippen LogP contribution in [-0.4, -0.2) is 42.3 Å². The Hall–Kier alpha value is -1.12. The molecule has 2 heterocycles. The number of aliphatic imine (C=N–C) groups is 1. The van der Waals surface area contributed by atoms with Crippen LogP contribution >= 0.6 is 23.4 Å². The summed E-state index contributed by atoms with van der Waals surface area (Å²) in [6.45, 7) is 1.33. The fraction of sp³-hybridized carbons (Fsp3) is 0.385. The molecule has 1 aromatic carbocycles. The van der Waals surface area contributed by atoms with Crippen molar-refractivity contribution in [1.29, 1.82) is 0 Å². The van der Waals surface area contributed by atoms with Crippen molar-refractivity contribution >= 4 is 50.0 Å². The van der Waals surface area contributed by atoms with Crippen LogP contribution in [0.3, 0.4) is 0 Å². The molecule has 0 aromatic heterocycles. The molecule has 2 aliphatic heterocycles. The number of nitrogens with zero attached hydrogens (tertiary/aromatic N) is 2. The second-order valence-electron chi connectivity index (χ2n) is 5.18. The van der Waals surface area contributed by atoms with Crippen LogP contribution in [0.2, 0.25) is 5.02 Å². The van der Waals surface area contributed by atoms with E-state index in [4.69, 9.17) is 11.6 Å². The number of benzene rings is 1. The molecule has 0 unspecified atom stereocenters. The van der Waals surface area contributed by atoms with Gasteiger partial charge in [-0.1, -0.05) is 23.4 Å². The number of fused-ring (bicyclic) bond motifs is 1. The van der Waals surface area contributed by atoms with Gasteiger partial charge < -0.3 is 4.90 Å². The summed E-state index contributed by atoms with van der Waals surface area (Å²) < 4.78 is 37.0. The summed E-state index contributed by atoms with van der Waals surface area (Å²) in [5, 5.41) is 0.181. The first kappa shape index (κ1) is 15.8. The Morgan fingerprint density at radius 2 is 2.18 bits per heavy atom. The zero-order valence-electron chi connectivity index (χ0n) is 11.5. The lowest BCUT2D eigenvalue weighted by Gasteiger charge is -2.24.